The van der Waals surface area contributed by atoms with Crippen molar-refractivity contribution in [3.63, 3.8) is 0 Å². The zero-order chi connectivity index (χ0) is 9.84. The molecule has 0 radical (unpaired) electrons. The molecule has 1 fully saturated rings. The van der Waals surface area contributed by atoms with Crippen LogP contribution in [0.3, 0.4) is 0 Å². The minimum Gasteiger partial charge on any atom is -0.299 e. The van der Waals surface area contributed by atoms with Gasteiger partial charge in [0.1, 0.15) is 11.6 Å². The van der Waals surface area contributed by atoms with E-state index in [-0.39, 0.29) is 23.4 Å². The summed E-state index contributed by atoms with van der Waals surface area (Å²) in [4.78, 5) is 23.1. The van der Waals surface area contributed by atoms with E-state index in [1.807, 2.05) is 13.8 Å². The first kappa shape index (κ1) is 10.4. The molecule has 1 unspecified atom stereocenters. The van der Waals surface area contributed by atoms with Crippen LogP contribution in [-0.4, -0.2) is 11.6 Å². The molecule has 0 aromatic carbocycles. The highest BCUT2D eigenvalue weighted by Gasteiger charge is 2.33. The molecule has 1 rings (SSSR count). The Morgan fingerprint density at radius 2 is 2.08 bits per heavy atom. The summed E-state index contributed by atoms with van der Waals surface area (Å²) in [5.74, 6) is 0.251. The van der Waals surface area contributed by atoms with Crippen LogP contribution in [-0.2, 0) is 9.59 Å². The van der Waals surface area contributed by atoms with Crippen LogP contribution in [0.4, 0.5) is 0 Å². The van der Waals surface area contributed by atoms with E-state index in [0.717, 1.165) is 25.7 Å². The average molecular weight is 182 g/mol. The highest BCUT2D eigenvalue weighted by Crippen LogP contribution is 2.26. The molecular formula is C11H18O2. The monoisotopic (exact) mass is 182 g/mol. The summed E-state index contributed by atoms with van der Waals surface area (Å²) < 4.78 is 0. The van der Waals surface area contributed by atoms with Crippen LogP contribution in [0.5, 0.6) is 0 Å². The summed E-state index contributed by atoms with van der Waals surface area (Å²) in [6.45, 7) is 4.04. The van der Waals surface area contributed by atoms with Crippen molar-refractivity contribution in [2.24, 2.45) is 11.8 Å². The van der Waals surface area contributed by atoms with Crippen molar-refractivity contribution in [2.75, 3.05) is 0 Å². The molecule has 2 heteroatoms. The molecule has 1 saturated carbocycles. The summed E-state index contributed by atoms with van der Waals surface area (Å²) in [6, 6.07) is 0. The van der Waals surface area contributed by atoms with Gasteiger partial charge in [-0.2, -0.15) is 0 Å². The predicted octanol–water partition coefficient (Wildman–Crippen LogP) is 2.36. The van der Waals surface area contributed by atoms with Gasteiger partial charge in [0, 0.05) is 12.3 Å². The zero-order valence-electron chi connectivity index (χ0n) is 8.51. The van der Waals surface area contributed by atoms with E-state index in [9.17, 15) is 9.59 Å². The molecule has 74 valence electrons. The lowest BCUT2D eigenvalue weighted by molar-refractivity contribution is -0.133. The maximum Gasteiger partial charge on any atom is 0.146 e. The molecule has 1 aliphatic carbocycles. The lowest BCUT2D eigenvalue weighted by atomic mass is 9.88. The first-order valence-corrected chi connectivity index (χ1v) is 5.27. The van der Waals surface area contributed by atoms with Gasteiger partial charge in [-0.15, -0.1) is 0 Å². The molecule has 13 heavy (non-hydrogen) atoms. The molecule has 0 aromatic heterocycles. The van der Waals surface area contributed by atoms with Crippen LogP contribution in [0, 0.1) is 11.8 Å². The van der Waals surface area contributed by atoms with Crippen LogP contribution in [0.15, 0.2) is 0 Å². The lowest BCUT2D eigenvalue weighted by Gasteiger charge is -2.14. The maximum atomic E-state index is 11.8. The lowest BCUT2D eigenvalue weighted by Crippen LogP contribution is -2.25. The van der Waals surface area contributed by atoms with Gasteiger partial charge in [0.15, 0.2) is 0 Å². The molecule has 0 bridgehead atoms. The zero-order valence-corrected chi connectivity index (χ0v) is 8.51. The Kier molecular flexibility index (Phi) is 3.64. The van der Waals surface area contributed by atoms with Gasteiger partial charge in [0.25, 0.3) is 0 Å². The molecule has 1 aliphatic rings. The van der Waals surface area contributed by atoms with Gasteiger partial charge in [-0.25, -0.2) is 0 Å². The maximum absolute atomic E-state index is 11.8. The second kappa shape index (κ2) is 4.54. The molecule has 0 aliphatic heterocycles. The van der Waals surface area contributed by atoms with Crippen molar-refractivity contribution in [1.82, 2.24) is 0 Å². The van der Waals surface area contributed by atoms with E-state index in [4.69, 9.17) is 0 Å². The van der Waals surface area contributed by atoms with Crippen LogP contribution in [0.1, 0.15) is 46.0 Å². The summed E-state index contributed by atoms with van der Waals surface area (Å²) in [5.41, 5.74) is 0. The fraction of sp³-hybridized carbons (Fsp3) is 0.818. The number of hydrogen-bond donors (Lipinski definition) is 0. The third kappa shape index (κ3) is 2.17. The predicted molar refractivity (Wildman–Crippen MR) is 51.4 cm³/mol. The summed E-state index contributed by atoms with van der Waals surface area (Å²) >= 11 is 0. The van der Waals surface area contributed by atoms with E-state index in [1.165, 1.54) is 0 Å². The normalized spacial score (nSPS) is 22.7. The molecule has 0 spiro atoms. The molecule has 0 N–H and O–H groups in total. The van der Waals surface area contributed by atoms with Crippen LogP contribution in [0.2, 0.25) is 0 Å². The Morgan fingerprint density at radius 3 is 2.46 bits per heavy atom. The summed E-state index contributed by atoms with van der Waals surface area (Å²) in [7, 11) is 0. The van der Waals surface area contributed by atoms with Crippen molar-refractivity contribution < 1.29 is 9.59 Å². The number of ketones is 2. The van der Waals surface area contributed by atoms with Crippen LogP contribution < -0.4 is 0 Å². The Hall–Kier alpha value is -0.660. The molecular weight excluding hydrogens is 164 g/mol. The number of rotatable bonds is 4. The Morgan fingerprint density at radius 1 is 1.46 bits per heavy atom. The SMILES string of the molecule is CCC(CC)C(=O)C1CCCC1=O. The van der Waals surface area contributed by atoms with Crippen molar-refractivity contribution >= 4 is 11.6 Å². The molecule has 0 saturated heterocycles. The first-order chi connectivity index (χ1) is 6.20. The Balaban J connectivity index is 2.60. The second-order valence-corrected chi connectivity index (χ2v) is 3.83. The van der Waals surface area contributed by atoms with Crippen molar-refractivity contribution in [2.45, 2.75) is 46.0 Å². The summed E-state index contributed by atoms with van der Waals surface area (Å²) in [6.07, 6.45) is 4.08. The fourth-order valence-corrected chi connectivity index (χ4v) is 2.09. The van der Waals surface area contributed by atoms with Gasteiger partial charge >= 0.3 is 0 Å². The van der Waals surface area contributed by atoms with E-state index >= 15 is 0 Å². The van der Waals surface area contributed by atoms with Gasteiger partial charge in [0.05, 0.1) is 5.92 Å². The van der Waals surface area contributed by atoms with E-state index in [2.05, 4.69) is 0 Å². The van der Waals surface area contributed by atoms with Gasteiger partial charge in [-0.3, -0.25) is 9.59 Å². The highest BCUT2D eigenvalue weighted by molar-refractivity contribution is 6.04. The van der Waals surface area contributed by atoms with Gasteiger partial charge in [-0.05, 0) is 25.7 Å². The molecule has 2 nitrogen and oxygen atoms in total. The largest absolute Gasteiger partial charge is 0.299 e. The topological polar surface area (TPSA) is 34.1 Å². The first-order valence-electron chi connectivity index (χ1n) is 5.27. The minimum absolute atomic E-state index is 0.118. The minimum atomic E-state index is -0.245. The van der Waals surface area contributed by atoms with Crippen molar-refractivity contribution in [1.29, 1.82) is 0 Å². The summed E-state index contributed by atoms with van der Waals surface area (Å²) in [5, 5.41) is 0. The smallest absolute Gasteiger partial charge is 0.146 e. The average Bonchev–Trinajstić information content (AvgIpc) is 2.53. The van der Waals surface area contributed by atoms with Gasteiger partial charge in [-0.1, -0.05) is 13.8 Å². The molecule has 1 atom stereocenters. The number of Topliss-reactive ketones (excluding diaryl/α,β-unsaturated/α-hetero) is 2. The van der Waals surface area contributed by atoms with E-state index in [0.29, 0.717) is 6.42 Å². The third-order valence-electron chi connectivity index (χ3n) is 3.04. The fourth-order valence-electron chi connectivity index (χ4n) is 2.09. The Labute approximate surface area is 79.7 Å². The van der Waals surface area contributed by atoms with Gasteiger partial charge in [0.2, 0.25) is 0 Å². The molecule has 0 heterocycles. The quantitative estimate of drug-likeness (QED) is 0.625. The number of carbonyl (C=O) groups is 2. The highest BCUT2D eigenvalue weighted by atomic mass is 16.2. The van der Waals surface area contributed by atoms with E-state index in [1.54, 1.807) is 0 Å². The second-order valence-electron chi connectivity index (χ2n) is 3.83. The van der Waals surface area contributed by atoms with E-state index < -0.39 is 0 Å². The van der Waals surface area contributed by atoms with Crippen molar-refractivity contribution in [3.05, 3.63) is 0 Å². The van der Waals surface area contributed by atoms with Gasteiger partial charge < -0.3 is 0 Å². The van der Waals surface area contributed by atoms with Crippen LogP contribution in [0.25, 0.3) is 0 Å². The Bertz CT molecular complexity index is 204. The van der Waals surface area contributed by atoms with Crippen LogP contribution >= 0.6 is 0 Å². The molecule has 0 amide bonds. The molecule has 0 aromatic rings. The van der Waals surface area contributed by atoms with Crippen molar-refractivity contribution in [3.8, 4) is 0 Å². The number of carbonyl (C=O) groups excluding carboxylic acids is 2. The third-order valence-corrected chi connectivity index (χ3v) is 3.04. The standard InChI is InChI=1S/C11H18O2/c1-3-8(4-2)11(13)9-6-5-7-10(9)12/h8-9H,3-7H2,1-2H3. The number of hydrogen-bond acceptors (Lipinski definition) is 2.